The van der Waals surface area contributed by atoms with Crippen molar-refractivity contribution in [2.45, 2.75) is 6.54 Å². The minimum atomic E-state index is -0.383. The average molecular weight is 391 g/mol. The minimum Gasteiger partial charge on any atom is -0.454 e. The van der Waals surface area contributed by atoms with Crippen LogP contribution in [-0.2, 0) is 6.54 Å². The lowest BCUT2D eigenvalue weighted by Gasteiger charge is -2.07. The Morgan fingerprint density at radius 2 is 1.90 bits per heavy atom. The highest BCUT2D eigenvalue weighted by molar-refractivity contribution is 5.59. The topological polar surface area (TPSA) is 79.4 Å². The van der Waals surface area contributed by atoms with E-state index in [-0.39, 0.29) is 29.9 Å². The van der Waals surface area contributed by atoms with Gasteiger partial charge < -0.3 is 18.6 Å². The summed E-state index contributed by atoms with van der Waals surface area (Å²) in [6.45, 7) is 0.535. The number of hydrogen-bond donors (Lipinski definition) is 0. The Bertz CT molecular complexity index is 1260. The van der Waals surface area contributed by atoms with Crippen molar-refractivity contribution in [3.05, 3.63) is 82.5 Å². The van der Waals surface area contributed by atoms with Crippen molar-refractivity contribution in [3.63, 3.8) is 0 Å². The van der Waals surface area contributed by atoms with Crippen molar-refractivity contribution in [1.29, 1.82) is 0 Å². The number of fused-ring (bicyclic) bond motifs is 1. The van der Waals surface area contributed by atoms with Gasteiger partial charge in [-0.15, -0.1) is 0 Å². The summed E-state index contributed by atoms with van der Waals surface area (Å²) in [7, 11) is 0. The summed E-state index contributed by atoms with van der Waals surface area (Å²) < 4.78 is 31.0. The first-order valence-corrected chi connectivity index (χ1v) is 8.85. The molecule has 0 saturated carbocycles. The molecule has 4 aromatic rings. The highest BCUT2D eigenvalue weighted by Gasteiger charge is 2.15. The molecule has 2 aromatic heterocycles. The van der Waals surface area contributed by atoms with E-state index in [1.54, 1.807) is 29.0 Å². The molecule has 0 atom stereocenters. The zero-order valence-electron chi connectivity index (χ0n) is 15.0. The number of benzene rings is 2. The van der Waals surface area contributed by atoms with E-state index in [2.05, 4.69) is 10.1 Å². The molecule has 1 aliphatic heterocycles. The molecular formula is C21H14FN3O4. The molecule has 0 saturated heterocycles. The smallest absolute Gasteiger partial charge is 0.259 e. The molecule has 3 heterocycles. The summed E-state index contributed by atoms with van der Waals surface area (Å²) in [5, 5.41) is 3.91. The number of ether oxygens (including phenoxy) is 2. The molecule has 0 fully saturated rings. The molecule has 144 valence electrons. The molecule has 0 amide bonds. The van der Waals surface area contributed by atoms with Crippen LogP contribution in [0.5, 0.6) is 11.5 Å². The maximum atomic E-state index is 13.4. The molecule has 0 aliphatic carbocycles. The Hall–Kier alpha value is -3.94. The van der Waals surface area contributed by atoms with E-state index >= 15 is 0 Å². The van der Waals surface area contributed by atoms with Crippen LogP contribution in [0.15, 0.2) is 70.1 Å². The van der Waals surface area contributed by atoms with Crippen LogP contribution in [0.2, 0.25) is 0 Å². The third-order valence-electron chi connectivity index (χ3n) is 4.53. The standard InChI is InChI=1S/C21H14FN3O4/c22-16-3-1-2-14(9-16)20-23-21(29-24-20)15-5-7-19(26)25(11-15)10-13-4-6-17-18(8-13)28-12-27-17/h1-9,11H,10,12H2. The fourth-order valence-electron chi connectivity index (χ4n) is 3.10. The van der Waals surface area contributed by atoms with Crippen LogP contribution in [-0.4, -0.2) is 21.5 Å². The second-order valence-electron chi connectivity index (χ2n) is 6.51. The summed E-state index contributed by atoms with van der Waals surface area (Å²) in [5.41, 5.74) is 1.81. The fourth-order valence-corrected chi connectivity index (χ4v) is 3.10. The number of nitrogens with zero attached hydrogens (tertiary/aromatic N) is 3. The summed E-state index contributed by atoms with van der Waals surface area (Å²) in [6.07, 6.45) is 1.65. The Kier molecular flexibility index (Phi) is 4.09. The quantitative estimate of drug-likeness (QED) is 0.530. The molecule has 0 bridgehead atoms. The van der Waals surface area contributed by atoms with Gasteiger partial charge in [0, 0.05) is 17.8 Å². The van der Waals surface area contributed by atoms with Gasteiger partial charge in [-0.05, 0) is 35.9 Å². The van der Waals surface area contributed by atoms with Crippen molar-refractivity contribution < 1.29 is 18.4 Å². The van der Waals surface area contributed by atoms with Gasteiger partial charge in [0.1, 0.15) is 5.82 Å². The van der Waals surface area contributed by atoms with E-state index in [9.17, 15) is 9.18 Å². The molecule has 1 aliphatic rings. The first-order chi connectivity index (χ1) is 14.2. The Morgan fingerprint density at radius 1 is 1.00 bits per heavy atom. The molecule has 0 N–H and O–H groups in total. The Balaban J connectivity index is 1.45. The van der Waals surface area contributed by atoms with Gasteiger partial charge in [-0.25, -0.2) is 4.39 Å². The van der Waals surface area contributed by atoms with Crippen molar-refractivity contribution in [3.8, 4) is 34.3 Å². The maximum absolute atomic E-state index is 13.4. The predicted molar refractivity (Wildman–Crippen MR) is 101 cm³/mol. The van der Waals surface area contributed by atoms with E-state index < -0.39 is 0 Å². The molecule has 5 rings (SSSR count). The van der Waals surface area contributed by atoms with Gasteiger partial charge in [0.25, 0.3) is 11.4 Å². The zero-order chi connectivity index (χ0) is 19.8. The summed E-state index contributed by atoms with van der Waals surface area (Å²) in [5.74, 6) is 1.47. The number of aromatic nitrogens is 3. The third kappa shape index (κ3) is 3.36. The Morgan fingerprint density at radius 3 is 2.79 bits per heavy atom. The Labute approximate surface area is 163 Å². The SMILES string of the molecule is O=c1ccc(-c2nc(-c3cccc(F)c3)no2)cn1Cc1ccc2c(c1)OCO2. The number of halogens is 1. The van der Waals surface area contributed by atoms with Crippen molar-refractivity contribution in [2.75, 3.05) is 6.79 Å². The molecule has 0 unspecified atom stereocenters. The van der Waals surface area contributed by atoms with Crippen LogP contribution in [0.1, 0.15) is 5.56 Å². The molecule has 8 heteroatoms. The van der Waals surface area contributed by atoms with Crippen LogP contribution >= 0.6 is 0 Å². The van der Waals surface area contributed by atoms with Gasteiger partial charge in [-0.1, -0.05) is 23.4 Å². The van der Waals surface area contributed by atoms with E-state index in [1.807, 2.05) is 18.2 Å². The first kappa shape index (κ1) is 17.2. The van der Waals surface area contributed by atoms with Crippen LogP contribution < -0.4 is 15.0 Å². The van der Waals surface area contributed by atoms with Crippen LogP contribution in [0.3, 0.4) is 0 Å². The zero-order valence-corrected chi connectivity index (χ0v) is 15.0. The van der Waals surface area contributed by atoms with Crippen molar-refractivity contribution in [1.82, 2.24) is 14.7 Å². The second kappa shape index (κ2) is 6.90. The highest BCUT2D eigenvalue weighted by atomic mass is 19.1. The first-order valence-electron chi connectivity index (χ1n) is 8.85. The van der Waals surface area contributed by atoms with E-state index in [1.165, 1.54) is 18.2 Å². The van der Waals surface area contributed by atoms with Crippen molar-refractivity contribution >= 4 is 0 Å². The van der Waals surface area contributed by atoms with Gasteiger partial charge in [0.15, 0.2) is 11.5 Å². The fraction of sp³-hybridized carbons (Fsp3) is 0.0952. The van der Waals surface area contributed by atoms with Gasteiger partial charge in [-0.2, -0.15) is 4.98 Å². The van der Waals surface area contributed by atoms with Crippen molar-refractivity contribution in [2.24, 2.45) is 0 Å². The average Bonchev–Trinajstić information content (AvgIpc) is 3.39. The number of pyridine rings is 1. The molecule has 7 nitrogen and oxygen atoms in total. The van der Waals surface area contributed by atoms with Crippen LogP contribution in [0.25, 0.3) is 22.8 Å². The van der Waals surface area contributed by atoms with E-state index in [4.69, 9.17) is 14.0 Å². The van der Waals surface area contributed by atoms with E-state index in [0.717, 1.165) is 5.56 Å². The lowest BCUT2D eigenvalue weighted by atomic mass is 10.2. The normalized spacial score (nSPS) is 12.3. The monoisotopic (exact) mass is 391 g/mol. The number of rotatable bonds is 4. The lowest BCUT2D eigenvalue weighted by molar-refractivity contribution is 0.174. The highest BCUT2D eigenvalue weighted by Crippen LogP contribution is 2.32. The molecule has 0 spiro atoms. The molecular weight excluding hydrogens is 377 g/mol. The lowest BCUT2D eigenvalue weighted by Crippen LogP contribution is -2.19. The van der Waals surface area contributed by atoms with Crippen LogP contribution in [0, 0.1) is 5.82 Å². The maximum Gasteiger partial charge on any atom is 0.259 e. The van der Waals surface area contributed by atoms with Gasteiger partial charge >= 0.3 is 0 Å². The van der Waals surface area contributed by atoms with E-state index in [0.29, 0.717) is 29.2 Å². The largest absolute Gasteiger partial charge is 0.454 e. The van der Waals surface area contributed by atoms with Gasteiger partial charge in [0.05, 0.1) is 12.1 Å². The van der Waals surface area contributed by atoms with Crippen LogP contribution in [0.4, 0.5) is 4.39 Å². The summed E-state index contributed by atoms with van der Waals surface area (Å²) >= 11 is 0. The molecule has 0 radical (unpaired) electrons. The molecule has 29 heavy (non-hydrogen) atoms. The predicted octanol–water partition coefficient (Wildman–Crippen LogP) is 3.48. The molecule has 2 aromatic carbocycles. The summed E-state index contributed by atoms with van der Waals surface area (Å²) in [6, 6.07) is 14.5. The summed E-state index contributed by atoms with van der Waals surface area (Å²) in [4.78, 5) is 16.6. The third-order valence-corrected chi connectivity index (χ3v) is 4.53. The van der Waals surface area contributed by atoms with Gasteiger partial charge in [0.2, 0.25) is 12.6 Å². The second-order valence-corrected chi connectivity index (χ2v) is 6.51. The minimum absolute atomic E-state index is 0.170. The number of hydrogen-bond acceptors (Lipinski definition) is 6. The van der Waals surface area contributed by atoms with Gasteiger partial charge in [-0.3, -0.25) is 4.79 Å².